The third-order valence-corrected chi connectivity index (χ3v) is 4.79. The smallest absolute Gasteiger partial charge is 0.218 e. The fraction of sp³-hybridized carbons (Fsp3) is 0.500. The molecule has 1 heterocycles. The summed E-state index contributed by atoms with van der Waals surface area (Å²) in [6.07, 6.45) is 0. The fourth-order valence-corrected chi connectivity index (χ4v) is 3.46. The second-order valence-corrected chi connectivity index (χ2v) is 6.26. The summed E-state index contributed by atoms with van der Waals surface area (Å²) < 4.78 is 31.0. The number of nitrogens with two attached hydrogens (primary N) is 1. The van der Waals surface area contributed by atoms with Crippen LogP contribution in [0.2, 0.25) is 0 Å². The number of benzene rings is 1. The number of hydrogen-bond donors (Lipinski definition) is 1. The Morgan fingerprint density at radius 3 is 2.56 bits per heavy atom. The highest BCUT2D eigenvalue weighted by atomic mass is 32.2. The molecule has 2 N–H and O–H groups in total. The van der Waals surface area contributed by atoms with E-state index in [2.05, 4.69) is 0 Å². The summed E-state index contributed by atoms with van der Waals surface area (Å²) in [4.78, 5) is 0. The molecule has 100 valence electrons. The van der Waals surface area contributed by atoms with Crippen LogP contribution in [0.15, 0.2) is 24.3 Å². The summed E-state index contributed by atoms with van der Waals surface area (Å²) in [6.45, 7) is 2.26. The molecule has 0 amide bonds. The van der Waals surface area contributed by atoms with E-state index < -0.39 is 10.0 Å². The first-order chi connectivity index (χ1) is 8.62. The van der Waals surface area contributed by atoms with Crippen LogP contribution in [0.5, 0.6) is 0 Å². The zero-order valence-corrected chi connectivity index (χ0v) is 11.0. The maximum absolute atomic E-state index is 12.2. The Morgan fingerprint density at radius 2 is 1.89 bits per heavy atom. The van der Waals surface area contributed by atoms with Crippen LogP contribution in [0.1, 0.15) is 11.1 Å². The van der Waals surface area contributed by atoms with Crippen molar-refractivity contribution in [1.82, 2.24) is 4.31 Å². The van der Waals surface area contributed by atoms with E-state index in [0.29, 0.717) is 32.8 Å². The van der Waals surface area contributed by atoms with Crippen LogP contribution in [0.3, 0.4) is 0 Å². The van der Waals surface area contributed by atoms with Crippen molar-refractivity contribution in [2.24, 2.45) is 5.73 Å². The van der Waals surface area contributed by atoms with Gasteiger partial charge in [-0.1, -0.05) is 24.3 Å². The number of rotatable bonds is 4. The molecule has 1 aromatic rings. The SMILES string of the molecule is NCc1cccc(CS(=O)(=O)N2CCOCC2)c1. The van der Waals surface area contributed by atoms with Gasteiger partial charge in [-0.2, -0.15) is 4.31 Å². The topological polar surface area (TPSA) is 72.6 Å². The van der Waals surface area contributed by atoms with E-state index in [1.54, 1.807) is 0 Å². The van der Waals surface area contributed by atoms with Gasteiger partial charge in [0.2, 0.25) is 10.0 Å². The van der Waals surface area contributed by atoms with E-state index >= 15 is 0 Å². The molecule has 1 aromatic carbocycles. The van der Waals surface area contributed by atoms with Gasteiger partial charge in [0, 0.05) is 19.6 Å². The Balaban J connectivity index is 2.11. The Kier molecular flexibility index (Phi) is 4.34. The van der Waals surface area contributed by atoms with Gasteiger partial charge in [0.25, 0.3) is 0 Å². The van der Waals surface area contributed by atoms with Crippen LogP contribution in [0.25, 0.3) is 0 Å². The van der Waals surface area contributed by atoms with Gasteiger partial charge in [0.05, 0.1) is 19.0 Å². The lowest BCUT2D eigenvalue weighted by molar-refractivity contribution is 0.0729. The van der Waals surface area contributed by atoms with Crippen LogP contribution >= 0.6 is 0 Å². The molecule has 0 aliphatic carbocycles. The van der Waals surface area contributed by atoms with Crippen LogP contribution in [0.4, 0.5) is 0 Å². The van der Waals surface area contributed by atoms with Crippen LogP contribution < -0.4 is 5.73 Å². The lowest BCUT2D eigenvalue weighted by atomic mass is 10.1. The highest BCUT2D eigenvalue weighted by Crippen LogP contribution is 2.13. The van der Waals surface area contributed by atoms with Gasteiger partial charge in [-0.05, 0) is 11.1 Å². The summed E-state index contributed by atoms with van der Waals surface area (Å²) in [7, 11) is -3.25. The fourth-order valence-electron chi connectivity index (χ4n) is 1.97. The summed E-state index contributed by atoms with van der Waals surface area (Å²) in [5.41, 5.74) is 7.28. The predicted molar refractivity (Wildman–Crippen MR) is 69.3 cm³/mol. The number of morpholine rings is 1. The highest BCUT2D eigenvalue weighted by molar-refractivity contribution is 7.88. The lowest BCUT2D eigenvalue weighted by Gasteiger charge is -2.26. The van der Waals surface area contributed by atoms with Gasteiger partial charge in [0.15, 0.2) is 0 Å². The molecular weight excluding hydrogens is 252 g/mol. The van der Waals surface area contributed by atoms with E-state index in [1.165, 1.54) is 4.31 Å². The largest absolute Gasteiger partial charge is 0.379 e. The van der Waals surface area contributed by atoms with E-state index in [-0.39, 0.29) is 5.75 Å². The van der Waals surface area contributed by atoms with Crippen LogP contribution in [-0.2, 0) is 27.1 Å². The minimum absolute atomic E-state index is 0.0286. The molecule has 0 atom stereocenters. The summed E-state index contributed by atoms with van der Waals surface area (Å²) in [5, 5.41) is 0. The third-order valence-electron chi connectivity index (χ3n) is 2.94. The van der Waals surface area contributed by atoms with E-state index in [9.17, 15) is 8.42 Å². The summed E-state index contributed by atoms with van der Waals surface area (Å²) in [6, 6.07) is 7.40. The molecular formula is C12H18N2O3S. The quantitative estimate of drug-likeness (QED) is 0.854. The van der Waals surface area contributed by atoms with Crippen molar-refractivity contribution in [3.63, 3.8) is 0 Å². The van der Waals surface area contributed by atoms with E-state index in [4.69, 9.17) is 10.5 Å². The van der Waals surface area contributed by atoms with Gasteiger partial charge in [-0.3, -0.25) is 0 Å². The van der Waals surface area contributed by atoms with E-state index in [1.807, 2.05) is 24.3 Å². The molecule has 0 unspecified atom stereocenters. The summed E-state index contributed by atoms with van der Waals surface area (Å²) >= 11 is 0. The van der Waals surface area contributed by atoms with Gasteiger partial charge in [-0.25, -0.2) is 8.42 Å². The average molecular weight is 270 g/mol. The number of ether oxygens (including phenoxy) is 1. The molecule has 0 bridgehead atoms. The molecule has 5 nitrogen and oxygen atoms in total. The minimum Gasteiger partial charge on any atom is -0.379 e. The van der Waals surface area contributed by atoms with Gasteiger partial charge >= 0.3 is 0 Å². The molecule has 1 aliphatic rings. The first-order valence-electron chi connectivity index (χ1n) is 5.95. The van der Waals surface area contributed by atoms with Crippen molar-refractivity contribution in [2.75, 3.05) is 26.3 Å². The monoisotopic (exact) mass is 270 g/mol. The normalized spacial score (nSPS) is 17.8. The number of nitrogens with zero attached hydrogens (tertiary/aromatic N) is 1. The second-order valence-electron chi connectivity index (χ2n) is 4.29. The van der Waals surface area contributed by atoms with Crippen LogP contribution in [0, 0.1) is 0 Å². The zero-order valence-electron chi connectivity index (χ0n) is 10.2. The molecule has 0 radical (unpaired) electrons. The molecule has 0 aromatic heterocycles. The van der Waals surface area contributed by atoms with Crippen molar-refractivity contribution in [2.45, 2.75) is 12.3 Å². The Hall–Kier alpha value is -0.950. The molecule has 1 saturated heterocycles. The standard InChI is InChI=1S/C12H18N2O3S/c13-9-11-2-1-3-12(8-11)10-18(15,16)14-4-6-17-7-5-14/h1-3,8H,4-7,9-10,13H2. The Bertz CT molecular complexity index is 496. The number of sulfonamides is 1. The first-order valence-corrected chi connectivity index (χ1v) is 7.56. The third kappa shape index (κ3) is 3.29. The summed E-state index contributed by atoms with van der Waals surface area (Å²) in [5.74, 6) is 0.0286. The van der Waals surface area contributed by atoms with Crippen molar-refractivity contribution < 1.29 is 13.2 Å². The molecule has 1 aliphatic heterocycles. The van der Waals surface area contributed by atoms with Crippen LogP contribution in [-0.4, -0.2) is 39.0 Å². The second kappa shape index (κ2) is 5.79. The lowest BCUT2D eigenvalue weighted by Crippen LogP contribution is -2.41. The van der Waals surface area contributed by atoms with E-state index in [0.717, 1.165) is 11.1 Å². The maximum Gasteiger partial charge on any atom is 0.218 e. The first kappa shape index (κ1) is 13.5. The highest BCUT2D eigenvalue weighted by Gasteiger charge is 2.24. The zero-order chi connectivity index (χ0) is 13.0. The minimum atomic E-state index is -3.25. The predicted octanol–water partition coefficient (Wildman–Crippen LogP) is 0.307. The van der Waals surface area contributed by atoms with Gasteiger partial charge in [-0.15, -0.1) is 0 Å². The van der Waals surface area contributed by atoms with Crippen molar-refractivity contribution in [1.29, 1.82) is 0 Å². The average Bonchev–Trinajstić information content (AvgIpc) is 2.39. The molecule has 2 rings (SSSR count). The molecule has 0 saturated carbocycles. The molecule has 6 heteroatoms. The van der Waals surface area contributed by atoms with Gasteiger partial charge < -0.3 is 10.5 Å². The Morgan fingerprint density at radius 1 is 1.22 bits per heavy atom. The number of hydrogen-bond acceptors (Lipinski definition) is 4. The van der Waals surface area contributed by atoms with Gasteiger partial charge in [0.1, 0.15) is 0 Å². The molecule has 1 fully saturated rings. The molecule has 18 heavy (non-hydrogen) atoms. The van der Waals surface area contributed by atoms with Crippen molar-refractivity contribution >= 4 is 10.0 Å². The molecule has 0 spiro atoms. The van der Waals surface area contributed by atoms with Crippen molar-refractivity contribution in [3.8, 4) is 0 Å². The Labute approximate surface area is 108 Å². The van der Waals surface area contributed by atoms with Crippen molar-refractivity contribution in [3.05, 3.63) is 35.4 Å². The maximum atomic E-state index is 12.2.